The molecule has 0 unspecified atom stereocenters. The summed E-state index contributed by atoms with van der Waals surface area (Å²) < 4.78 is 0. The van der Waals surface area contributed by atoms with E-state index in [4.69, 9.17) is 11.6 Å². The first-order chi connectivity index (χ1) is 10.4. The fourth-order valence-electron chi connectivity index (χ4n) is 1.79. The minimum atomic E-state index is -0.602. The van der Waals surface area contributed by atoms with E-state index in [2.05, 4.69) is 5.32 Å². The van der Waals surface area contributed by atoms with Crippen molar-refractivity contribution in [2.75, 3.05) is 5.32 Å². The first-order valence-electron chi connectivity index (χ1n) is 6.25. The van der Waals surface area contributed by atoms with Crippen LogP contribution in [0.4, 0.5) is 11.4 Å². The monoisotopic (exact) mass is 318 g/mol. The normalized spacial score (nSPS) is 10.1. The molecular weight excluding hydrogens is 308 g/mol. The lowest BCUT2D eigenvalue weighted by molar-refractivity contribution is -0.384. The van der Waals surface area contributed by atoms with Gasteiger partial charge in [-0.25, -0.2) is 0 Å². The van der Waals surface area contributed by atoms with E-state index in [1.807, 2.05) is 0 Å². The van der Waals surface area contributed by atoms with Crippen molar-refractivity contribution >= 4 is 34.7 Å². The van der Waals surface area contributed by atoms with E-state index in [1.54, 1.807) is 24.3 Å². The van der Waals surface area contributed by atoms with Gasteiger partial charge in [0.1, 0.15) is 0 Å². The van der Waals surface area contributed by atoms with Crippen LogP contribution in [0.15, 0.2) is 42.5 Å². The molecule has 2 rings (SSSR count). The van der Waals surface area contributed by atoms with E-state index in [0.717, 1.165) is 6.07 Å². The quantitative estimate of drug-likeness (QED) is 0.528. The minimum Gasteiger partial charge on any atom is -0.322 e. The maximum Gasteiger partial charge on any atom is 0.270 e. The Hall–Kier alpha value is -2.73. The van der Waals surface area contributed by atoms with Crippen molar-refractivity contribution in [3.8, 4) is 0 Å². The standard InChI is InChI=1S/C15H11ClN2O4/c1-9(19)10-2-4-11(5-3-10)17-15(20)13-8-12(18(21)22)6-7-14(13)16/h2-8H,1H3,(H,17,20). The maximum atomic E-state index is 12.1. The number of nitrogens with zero attached hydrogens (tertiary/aromatic N) is 1. The van der Waals surface area contributed by atoms with Crippen LogP contribution in [0, 0.1) is 10.1 Å². The van der Waals surface area contributed by atoms with Crippen LogP contribution in [0.5, 0.6) is 0 Å². The predicted octanol–water partition coefficient (Wildman–Crippen LogP) is 3.70. The molecule has 0 fully saturated rings. The van der Waals surface area contributed by atoms with Gasteiger partial charge in [-0.2, -0.15) is 0 Å². The van der Waals surface area contributed by atoms with Crippen molar-refractivity contribution in [3.63, 3.8) is 0 Å². The number of halogens is 1. The summed E-state index contributed by atoms with van der Waals surface area (Å²) in [4.78, 5) is 33.5. The highest BCUT2D eigenvalue weighted by molar-refractivity contribution is 6.34. The van der Waals surface area contributed by atoms with Crippen LogP contribution in [-0.4, -0.2) is 16.6 Å². The van der Waals surface area contributed by atoms with Crippen LogP contribution in [0.3, 0.4) is 0 Å². The first kappa shape index (κ1) is 15.7. The molecule has 0 aromatic heterocycles. The van der Waals surface area contributed by atoms with Gasteiger partial charge in [0.15, 0.2) is 5.78 Å². The summed E-state index contributed by atoms with van der Waals surface area (Å²) in [6, 6.07) is 9.93. The fourth-order valence-corrected chi connectivity index (χ4v) is 1.99. The Morgan fingerprint density at radius 2 is 1.77 bits per heavy atom. The lowest BCUT2D eigenvalue weighted by Gasteiger charge is -2.07. The number of non-ortho nitro benzene ring substituents is 1. The highest BCUT2D eigenvalue weighted by Gasteiger charge is 2.16. The van der Waals surface area contributed by atoms with Crippen molar-refractivity contribution < 1.29 is 14.5 Å². The number of nitro benzene ring substituents is 1. The van der Waals surface area contributed by atoms with Crippen LogP contribution < -0.4 is 5.32 Å². The largest absolute Gasteiger partial charge is 0.322 e. The number of amides is 1. The molecule has 0 aliphatic rings. The van der Waals surface area contributed by atoms with Crippen LogP contribution in [0.1, 0.15) is 27.6 Å². The van der Waals surface area contributed by atoms with Gasteiger partial charge in [0.2, 0.25) is 0 Å². The van der Waals surface area contributed by atoms with E-state index in [1.165, 1.54) is 19.1 Å². The predicted molar refractivity (Wildman–Crippen MR) is 82.5 cm³/mol. The molecule has 7 heteroatoms. The zero-order valence-corrected chi connectivity index (χ0v) is 12.3. The SMILES string of the molecule is CC(=O)c1ccc(NC(=O)c2cc([N+](=O)[O-])ccc2Cl)cc1. The average Bonchev–Trinajstić information content (AvgIpc) is 2.47. The molecule has 0 radical (unpaired) electrons. The summed E-state index contributed by atoms with van der Waals surface area (Å²) in [5.41, 5.74) is 0.761. The molecular formula is C15H11ClN2O4. The highest BCUT2D eigenvalue weighted by atomic mass is 35.5. The number of carbonyl (C=O) groups is 2. The van der Waals surface area contributed by atoms with Crippen molar-refractivity contribution in [2.24, 2.45) is 0 Å². The molecule has 2 aromatic carbocycles. The first-order valence-corrected chi connectivity index (χ1v) is 6.62. The van der Waals surface area contributed by atoms with Gasteiger partial charge in [0.05, 0.1) is 15.5 Å². The van der Waals surface area contributed by atoms with Crippen LogP contribution >= 0.6 is 11.6 Å². The third-order valence-corrected chi connectivity index (χ3v) is 3.28. The fraction of sp³-hybridized carbons (Fsp3) is 0.0667. The molecule has 2 aromatic rings. The molecule has 0 aliphatic heterocycles. The average molecular weight is 319 g/mol. The van der Waals surface area contributed by atoms with Gasteiger partial charge < -0.3 is 5.32 Å². The molecule has 22 heavy (non-hydrogen) atoms. The second kappa shape index (κ2) is 6.36. The van der Waals surface area contributed by atoms with E-state index >= 15 is 0 Å². The van der Waals surface area contributed by atoms with Crippen molar-refractivity contribution in [1.29, 1.82) is 0 Å². The summed E-state index contributed by atoms with van der Waals surface area (Å²) in [7, 11) is 0. The van der Waals surface area contributed by atoms with E-state index < -0.39 is 10.8 Å². The number of ketones is 1. The van der Waals surface area contributed by atoms with Gasteiger partial charge in [-0.05, 0) is 37.3 Å². The summed E-state index contributed by atoms with van der Waals surface area (Å²) in [5.74, 6) is -0.649. The van der Waals surface area contributed by atoms with Crippen molar-refractivity contribution in [3.05, 3.63) is 68.7 Å². The van der Waals surface area contributed by atoms with Crippen molar-refractivity contribution in [2.45, 2.75) is 6.92 Å². The molecule has 6 nitrogen and oxygen atoms in total. The Balaban J connectivity index is 2.23. The lowest BCUT2D eigenvalue weighted by atomic mass is 10.1. The molecule has 0 heterocycles. The molecule has 1 amide bonds. The molecule has 1 N–H and O–H groups in total. The number of anilines is 1. The van der Waals surface area contributed by atoms with Crippen molar-refractivity contribution in [1.82, 2.24) is 0 Å². The number of nitro groups is 1. The topological polar surface area (TPSA) is 89.3 Å². The Kier molecular flexibility index (Phi) is 4.53. The molecule has 0 aliphatic carbocycles. The third kappa shape index (κ3) is 3.48. The summed E-state index contributed by atoms with van der Waals surface area (Å²) in [6.45, 7) is 1.44. The number of Topliss-reactive ketones (excluding diaryl/α,β-unsaturated/α-hetero) is 1. The maximum absolute atomic E-state index is 12.1. The Labute approximate surface area is 130 Å². The van der Waals surface area contributed by atoms with E-state index in [9.17, 15) is 19.7 Å². The summed E-state index contributed by atoms with van der Waals surface area (Å²) in [6.07, 6.45) is 0. The zero-order chi connectivity index (χ0) is 16.3. The molecule has 0 bridgehead atoms. The highest BCUT2D eigenvalue weighted by Crippen LogP contribution is 2.23. The summed E-state index contributed by atoms with van der Waals surface area (Å²) >= 11 is 5.90. The zero-order valence-electron chi connectivity index (χ0n) is 11.5. The molecule has 0 saturated heterocycles. The van der Waals surface area contributed by atoms with Gasteiger partial charge in [-0.1, -0.05) is 11.6 Å². The molecule has 0 spiro atoms. The number of benzene rings is 2. The lowest BCUT2D eigenvalue weighted by Crippen LogP contribution is -2.13. The Morgan fingerprint density at radius 1 is 1.14 bits per heavy atom. The van der Waals surface area contributed by atoms with E-state index in [-0.39, 0.29) is 22.1 Å². The van der Waals surface area contributed by atoms with Gasteiger partial charge in [0.25, 0.3) is 11.6 Å². The van der Waals surface area contributed by atoms with Gasteiger partial charge >= 0.3 is 0 Å². The van der Waals surface area contributed by atoms with Gasteiger partial charge in [-0.15, -0.1) is 0 Å². The second-order valence-electron chi connectivity index (χ2n) is 4.51. The molecule has 112 valence electrons. The third-order valence-electron chi connectivity index (χ3n) is 2.95. The van der Waals surface area contributed by atoms with Crippen LogP contribution in [0.25, 0.3) is 0 Å². The smallest absolute Gasteiger partial charge is 0.270 e. The Morgan fingerprint density at radius 3 is 2.32 bits per heavy atom. The Bertz CT molecular complexity index is 757. The number of hydrogen-bond donors (Lipinski definition) is 1. The second-order valence-corrected chi connectivity index (χ2v) is 4.92. The van der Waals surface area contributed by atoms with Crippen LogP contribution in [0.2, 0.25) is 5.02 Å². The number of nitrogens with one attached hydrogen (secondary N) is 1. The van der Waals surface area contributed by atoms with E-state index in [0.29, 0.717) is 11.3 Å². The number of carbonyl (C=O) groups excluding carboxylic acids is 2. The minimum absolute atomic E-state index is 0.00603. The molecule has 0 saturated carbocycles. The van der Waals surface area contributed by atoms with Gasteiger partial charge in [0, 0.05) is 23.4 Å². The van der Waals surface area contributed by atoms with Gasteiger partial charge in [-0.3, -0.25) is 19.7 Å². The number of hydrogen-bond acceptors (Lipinski definition) is 4. The number of rotatable bonds is 4. The summed E-state index contributed by atoms with van der Waals surface area (Å²) in [5, 5.41) is 13.4. The molecule has 0 atom stereocenters. The van der Waals surface area contributed by atoms with Crippen LogP contribution in [-0.2, 0) is 0 Å².